The van der Waals surface area contributed by atoms with Gasteiger partial charge in [0.15, 0.2) is 5.78 Å². The lowest BCUT2D eigenvalue weighted by Crippen LogP contribution is -1.99. The van der Waals surface area contributed by atoms with E-state index < -0.39 is 0 Å². The monoisotopic (exact) mass is 627 g/mol. The van der Waals surface area contributed by atoms with Crippen molar-refractivity contribution >= 4 is 5.78 Å². The van der Waals surface area contributed by atoms with Gasteiger partial charge in [0.25, 0.3) is 0 Å². The maximum atomic E-state index is 11.2. The summed E-state index contributed by atoms with van der Waals surface area (Å²) in [5.41, 5.74) is 0. The summed E-state index contributed by atoms with van der Waals surface area (Å²) in [5.74, 6) is 0.202. The van der Waals surface area contributed by atoms with Crippen LogP contribution in [0.1, 0.15) is 118 Å². The summed E-state index contributed by atoms with van der Waals surface area (Å²) in [6.07, 6.45) is 63.6. The van der Waals surface area contributed by atoms with Gasteiger partial charge in [0.05, 0.1) is 6.10 Å². The Balaban J connectivity index is 0. The van der Waals surface area contributed by atoms with E-state index in [1.54, 1.807) is 6.08 Å². The Morgan fingerprint density at radius 2 is 0.804 bits per heavy atom. The lowest BCUT2D eigenvalue weighted by molar-refractivity contribution is -0.114. The largest absolute Gasteiger partial charge is 0.389 e. The number of ketones is 1. The number of carbonyl (C=O) groups excluding carboxylic acids is 1. The third kappa shape index (κ3) is 42.6. The molecule has 0 aliphatic rings. The van der Waals surface area contributed by atoms with Crippen molar-refractivity contribution in [3.63, 3.8) is 0 Å². The molecule has 0 aromatic rings. The van der Waals surface area contributed by atoms with Crippen molar-refractivity contribution in [1.29, 1.82) is 0 Å². The normalized spacial score (nSPS) is 13.9. The third-order valence-electron chi connectivity index (χ3n) is 6.17. The predicted octanol–water partition coefficient (Wildman–Crippen LogP) is 13.1. The molecule has 1 N–H and O–H groups in total. The van der Waals surface area contributed by atoms with Crippen molar-refractivity contribution in [3.05, 3.63) is 146 Å². The van der Waals surface area contributed by atoms with Crippen LogP contribution in [0, 0.1) is 0 Å². The molecule has 2 heteroatoms. The first-order valence-electron chi connectivity index (χ1n) is 17.7. The summed E-state index contributed by atoms with van der Waals surface area (Å²) in [4.78, 5) is 11.2. The highest BCUT2D eigenvalue weighted by Crippen LogP contribution is 1.99. The molecule has 0 heterocycles. The van der Waals surface area contributed by atoms with Crippen molar-refractivity contribution in [2.75, 3.05) is 0 Å². The molecule has 254 valence electrons. The van der Waals surface area contributed by atoms with Gasteiger partial charge in [0.1, 0.15) is 0 Å². The van der Waals surface area contributed by atoms with Crippen LogP contribution >= 0.6 is 0 Å². The van der Waals surface area contributed by atoms with E-state index in [-0.39, 0.29) is 11.9 Å². The van der Waals surface area contributed by atoms with Gasteiger partial charge in [-0.1, -0.05) is 174 Å². The van der Waals surface area contributed by atoms with Gasteiger partial charge in [-0.25, -0.2) is 0 Å². The van der Waals surface area contributed by atoms with Crippen LogP contribution in [0.15, 0.2) is 146 Å². The lowest BCUT2D eigenvalue weighted by atomic mass is 10.2. The standard InChI is InChI=1S/C22H34O.C22H32O/c2*1-3-5-6-7-8-9-10-11-12-13-14-15-16-17-18-19-21-22(23)20-4-2/h5-6,8-9,11-12,14-15,17-19,21-23H,3-4,7,10,13,16,20H2,1-2H3;5-6,8-9,11-12,14-15,17-19,21H,3-4,7,10,13,16,20H2,1-2H3/b2*6-5-,9-8-,12-11-,15-14-,18-17-,21-19+/t22-;/m0./s1. The number of carbonyl (C=O) groups is 1. The summed E-state index contributed by atoms with van der Waals surface area (Å²) in [6, 6.07) is 0. The number of aliphatic hydroxyl groups is 1. The average molecular weight is 627 g/mol. The van der Waals surface area contributed by atoms with Crippen LogP contribution in [0.3, 0.4) is 0 Å². The third-order valence-corrected chi connectivity index (χ3v) is 6.17. The molecule has 0 aromatic heterocycles. The van der Waals surface area contributed by atoms with E-state index in [0.717, 1.165) is 83.5 Å². The molecule has 1 atom stereocenters. The van der Waals surface area contributed by atoms with Crippen LogP contribution < -0.4 is 0 Å². The Kier molecular flexibility index (Phi) is 40.3. The highest BCUT2D eigenvalue weighted by molar-refractivity contribution is 5.89. The number of hydrogen-bond donors (Lipinski definition) is 1. The minimum Gasteiger partial charge on any atom is -0.389 e. The molecule has 0 amide bonds. The van der Waals surface area contributed by atoms with Gasteiger partial charge in [-0.2, -0.15) is 0 Å². The fraction of sp³-hybridized carbons (Fsp3) is 0.432. The van der Waals surface area contributed by atoms with Crippen molar-refractivity contribution in [2.24, 2.45) is 0 Å². The second-order valence-electron chi connectivity index (χ2n) is 10.6. The van der Waals surface area contributed by atoms with Crippen LogP contribution in [0.25, 0.3) is 0 Å². The zero-order valence-electron chi connectivity index (χ0n) is 29.7. The summed E-state index contributed by atoms with van der Waals surface area (Å²) >= 11 is 0. The van der Waals surface area contributed by atoms with Gasteiger partial charge in [-0.3, -0.25) is 4.79 Å². The van der Waals surface area contributed by atoms with Crippen molar-refractivity contribution in [2.45, 2.75) is 124 Å². The SMILES string of the molecule is CC/C=C\C/C=C\C/C=C\C/C=C\C/C=C\C=C\C(=O)CCC.CC/C=C\C/C=C\C/C=C\C/C=C\C/C=C\C=C\[C@@H](O)CCC. The molecule has 0 unspecified atom stereocenters. The van der Waals surface area contributed by atoms with Gasteiger partial charge >= 0.3 is 0 Å². The minimum atomic E-state index is -0.304. The summed E-state index contributed by atoms with van der Waals surface area (Å²) in [5, 5.41) is 9.51. The molecule has 2 nitrogen and oxygen atoms in total. The molecule has 0 aromatic carbocycles. The van der Waals surface area contributed by atoms with Crippen LogP contribution in [0.5, 0.6) is 0 Å². The van der Waals surface area contributed by atoms with Gasteiger partial charge in [0, 0.05) is 6.42 Å². The second-order valence-corrected chi connectivity index (χ2v) is 10.6. The summed E-state index contributed by atoms with van der Waals surface area (Å²) in [6.45, 7) is 8.40. The van der Waals surface area contributed by atoms with E-state index in [0.29, 0.717) is 6.42 Å². The molecular weight excluding hydrogens is 560 g/mol. The Morgan fingerprint density at radius 1 is 0.457 bits per heavy atom. The number of aliphatic hydroxyl groups excluding tert-OH is 1. The molecule has 0 saturated heterocycles. The van der Waals surface area contributed by atoms with Crippen LogP contribution in [0.4, 0.5) is 0 Å². The molecule has 0 radical (unpaired) electrons. The molecule has 0 aliphatic carbocycles. The van der Waals surface area contributed by atoms with Crippen LogP contribution in [-0.4, -0.2) is 17.0 Å². The highest BCUT2D eigenvalue weighted by atomic mass is 16.3. The Bertz CT molecular complexity index is 1020. The molecule has 0 bridgehead atoms. The van der Waals surface area contributed by atoms with Crippen LogP contribution in [0.2, 0.25) is 0 Å². The summed E-state index contributed by atoms with van der Waals surface area (Å²) < 4.78 is 0. The molecule has 0 aliphatic heterocycles. The molecular formula is C44H66O2. The molecule has 46 heavy (non-hydrogen) atoms. The maximum Gasteiger partial charge on any atom is 0.155 e. The van der Waals surface area contributed by atoms with Crippen molar-refractivity contribution in [3.8, 4) is 0 Å². The van der Waals surface area contributed by atoms with E-state index in [9.17, 15) is 9.90 Å². The Morgan fingerprint density at radius 3 is 1.15 bits per heavy atom. The zero-order chi connectivity index (χ0) is 34.0. The zero-order valence-corrected chi connectivity index (χ0v) is 29.7. The molecule has 0 spiro atoms. The molecule has 0 saturated carbocycles. The van der Waals surface area contributed by atoms with Crippen LogP contribution in [-0.2, 0) is 4.79 Å². The van der Waals surface area contributed by atoms with Crippen molar-refractivity contribution in [1.82, 2.24) is 0 Å². The fourth-order valence-corrected chi connectivity index (χ4v) is 3.70. The predicted molar refractivity (Wildman–Crippen MR) is 208 cm³/mol. The fourth-order valence-electron chi connectivity index (χ4n) is 3.70. The van der Waals surface area contributed by atoms with Gasteiger partial charge < -0.3 is 5.11 Å². The first-order valence-corrected chi connectivity index (χ1v) is 17.7. The first-order chi connectivity index (χ1) is 22.6. The van der Waals surface area contributed by atoms with E-state index in [1.165, 1.54) is 0 Å². The lowest BCUT2D eigenvalue weighted by Gasteiger charge is -1.99. The second kappa shape index (κ2) is 41.5. The Hall–Kier alpha value is -3.49. The first kappa shape index (κ1) is 44.6. The minimum absolute atomic E-state index is 0.202. The smallest absolute Gasteiger partial charge is 0.155 e. The van der Waals surface area contributed by atoms with E-state index in [4.69, 9.17) is 0 Å². The van der Waals surface area contributed by atoms with E-state index in [1.807, 2.05) is 37.3 Å². The average Bonchev–Trinajstić information content (AvgIpc) is 3.05. The van der Waals surface area contributed by atoms with Crippen molar-refractivity contribution < 1.29 is 9.90 Å². The molecule has 0 rings (SSSR count). The number of rotatable bonds is 26. The quantitative estimate of drug-likeness (QED) is 0.0589. The number of allylic oxidation sites excluding steroid dienone is 23. The van der Waals surface area contributed by atoms with Gasteiger partial charge in [-0.15, -0.1) is 0 Å². The van der Waals surface area contributed by atoms with E-state index >= 15 is 0 Å². The van der Waals surface area contributed by atoms with E-state index in [2.05, 4.69) is 130 Å². The topological polar surface area (TPSA) is 37.3 Å². The maximum absolute atomic E-state index is 11.2. The highest BCUT2D eigenvalue weighted by Gasteiger charge is 1.93. The van der Waals surface area contributed by atoms with Gasteiger partial charge in [-0.05, 0) is 83.1 Å². The molecule has 0 fully saturated rings. The van der Waals surface area contributed by atoms with Gasteiger partial charge in [0.2, 0.25) is 0 Å². The Labute approximate surface area is 284 Å². The number of hydrogen-bond acceptors (Lipinski definition) is 2. The summed E-state index contributed by atoms with van der Waals surface area (Å²) in [7, 11) is 0.